The molecule has 23 heavy (non-hydrogen) atoms. The van der Waals surface area contributed by atoms with Crippen molar-refractivity contribution in [3.8, 4) is 0 Å². The zero-order valence-electron chi connectivity index (χ0n) is 12.6. The monoisotopic (exact) mass is 382 g/mol. The number of sulfonamides is 1. The molecular formula is C14H20Cl2N2O4S. The second-order valence-corrected chi connectivity index (χ2v) is 7.48. The lowest BCUT2D eigenvalue weighted by molar-refractivity contribution is 0.0596. The van der Waals surface area contributed by atoms with Gasteiger partial charge in [0.05, 0.1) is 17.6 Å². The Morgan fingerprint density at radius 2 is 1.91 bits per heavy atom. The van der Waals surface area contributed by atoms with Crippen molar-refractivity contribution >= 4 is 40.0 Å². The topological polar surface area (TPSA) is 98.5 Å². The number of carbonyl (C=O) groups excluding carboxylic acids is 1. The number of hydrogen-bond donors (Lipinski definition) is 2. The number of hydrogen-bond acceptors (Lipinski definition) is 5. The lowest BCUT2D eigenvalue weighted by atomic mass is 9.93. The summed E-state index contributed by atoms with van der Waals surface area (Å²) in [4.78, 5) is 11.6. The number of methoxy groups -OCH3 is 1. The van der Waals surface area contributed by atoms with E-state index in [1.807, 2.05) is 0 Å². The van der Waals surface area contributed by atoms with Crippen LogP contribution in [-0.4, -0.2) is 33.6 Å². The average Bonchev–Trinajstić information content (AvgIpc) is 2.48. The molecule has 0 unspecified atom stereocenters. The van der Waals surface area contributed by atoms with E-state index in [1.165, 1.54) is 25.3 Å². The molecule has 0 aromatic heterocycles. The molecule has 0 amide bonds. The van der Waals surface area contributed by atoms with Crippen molar-refractivity contribution in [2.75, 3.05) is 7.11 Å². The van der Waals surface area contributed by atoms with E-state index in [4.69, 9.17) is 17.3 Å². The summed E-state index contributed by atoms with van der Waals surface area (Å²) in [6.07, 6.45) is 2.89. The minimum Gasteiger partial charge on any atom is -0.465 e. The molecular weight excluding hydrogens is 363 g/mol. The molecule has 0 aliphatic heterocycles. The van der Waals surface area contributed by atoms with Gasteiger partial charge < -0.3 is 10.5 Å². The number of esters is 1. The van der Waals surface area contributed by atoms with Gasteiger partial charge in [-0.2, -0.15) is 0 Å². The first kappa shape index (κ1) is 20.2. The lowest BCUT2D eigenvalue weighted by Crippen LogP contribution is -2.40. The van der Waals surface area contributed by atoms with Gasteiger partial charge >= 0.3 is 5.97 Å². The fourth-order valence-corrected chi connectivity index (χ4v) is 4.28. The predicted molar refractivity (Wildman–Crippen MR) is 90.6 cm³/mol. The number of benzene rings is 1. The summed E-state index contributed by atoms with van der Waals surface area (Å²) in [7, 11) is -2.66. The Morgan fingerprint density at radius 3 is 2.48 bits per heavy atom. The quantitative estimate of drug-likeness (QED) is 0.776. The first-order chi connectivity index (χ1) is 10.3. The smallest absolute Gasteiger partial charge is 0.339 e. The summed E-state index contributed by atoms with van der Waals surface area (Å²) in [6.45, 7) is 0. The van der Waals surface area contributed by atoms with Crippen molar-refractivity contribution < 1.29 is 17.9 Å². The van der Waals surface area contributed by atoms with Gasteiger partial charge in [0.25, 0.3) is 0 Å². The first-order valence-electron chi connectivity index (χ1n) is 6.99. The third-order valence-corrected chi connectivity index (χ3v) is 5.53. The van der Waals surface area contributed by atoms with Crippen molar-refractivity contribution in [3.05, 3.63) is 28.8 Å². The molecule has 1 aliphatic rings. The minimum atomic E-state index is -3.86. The van der Waals surface area contributed by atoms with E-state index in [0.717, 1.165) is 12.8 Å². The van der Waals surface area contributed by atoms with Gasteiger partial charge in [0.2, 0.25) is 10.0 Å². The normalized spacial score (nSPS) is 21.3. The van der Waals surface area contributed by atoms with Gasteiger partial charge in [-0.05, 0) is 43.9 Å². The molecule has 0 atom stereocenters. The highest BCUT2D eigenvalue weighted by atomic mass is 35.5. The molecule has 9 heteroatoms. The molecule has 0 heterocycles. The van der Waals surface area contributed by atoms with E-state index < -0.39 is 16.0 Å². The van der Waals surface area contributed by atoms with Crippen molar-refractivity contribution in [2.24, 2.45) is 5.73 Å². The Bertz CT molecular complexity index is 659. The number of rotatable bonds is 4. The number of carbonyl (C=O) groups is 1. The Hall–Kier alpha value is -0.860. The SMILES string of the molecule is COC(=O)c1ccc(Cl)cc1S(=O)(=O)NC1CCC(N)CC1.Cl. The van der Waals surface area contributed by atoms with Gasteiger partial charge in [-0.1, -0.05) is 11.6 Å². The standard InChI is InChI=1S/C14H19ClN2O4S.ClH/c1-21-14(18)12-7-2-9(15)8-13(12)22(19,20)17-11-5-3-10(16)4-6-11;/h2,7-8,10-11,17H,3-6,16H2,1H3;1H. The molecule has 6 nitrogen and oxygen atoms in total. The Kier molecular flexibility index (Phi) is 7.29. The highest BCUT2D eigenvalue weighted by molar-refractivity contribution is 7.89. The van der Waals surface area contributed by atoms with Crippen LogP contribution >= 0.6 is 24.0 Å². The van der Waals surface area contributed by atoms with E-state index in [2.05, 4.69) is 9.46 Å². The minimum absolute atomic E-state index is 0. The van der Waals surface area contributed by atoms with E-state index in [1.54, 1.807) is 0 Å². The van der Waals surface area contributed by atoms with Crippen LogP contribution in [0.25, 0.3) is 0 Å². The first-order valence-corrected chi connectivity index (χ1v) is 8.85. The molecule has 1 fully saturated rings. The summed E-state index contributed by atoms with van der Waals surface area (Å²) in [5, 5.41) is 0.235. The second kappa shape index (κ2) is 8.30. The van der Waals surface area contributed by atoms with Crippen molar-refractivity contribution in [2.45, 2.75) is 42.7 Å². The van der Waals surface area contributed by atoms with Gasteiger partial charge in [-0.3, -0.25) is 0 Å². The maximum Gasteiger partial charge on any atom is 0.339 e. The van der Waals surface area contributed by atoms with Crippen LogP contribution in [0.15, 0.2) is 23.1 Å². The molecule has 0 spiro atoms. The Balaban J connectivity index is 0.00000264. The second-order valence-electron chi connectivity index (χ2n) is 5.37. The summed E-state index contributed by atoms with van der Waals surface area (Å²) in [6, 6.07) is 3.99. The van der Waals surface area contributed by atoms with Crippen LogP contribution in [0, 0.1) is 0 Å². The summed E-state index contributed by atoms with van der Waals surface area (Å²) in [5.74, 6) is -0.720. The Labute approximate surface area is 147 Å². The molecule has 0 saturated heterocycles. The molecule has 1 aromatic carbocycles. The summed E-state index contributed by atoms with van der Waals surface area (Å²) < 4.78 is 32.4. The van der Waals surface area contributed by atoms with Crippen molar-refractivity contribution in [1.29, 1.82) is 0 Å². The molecule has 3 N–H and O–H groups in total. The summed E-state index contributed by atoms with van der Waals surface area (Å²) in [5.41, 5.74) is 5.78. The van der Waals surface area contributed by atoms with Crippen LogP contribution < -0.4 is 10.5 Å². The van der Waals surface area contributed by atoms with E-state index in [9.17, 15) is 13.2 Å². The molecule has 1 saturated carbocycles. The van der Waals surface area contributed by atoms with E-state index >= 15 is 0 Å². The van der Waals surface area contributed by atoms with Gasteiger partial charge in [-0.25, -0.2) is 17.9 Å². The number of nitrogens with two attached hydrogens (primary N) is 1. The van der Waals surface area contributed by atoms with Crippen LogP contribution in [0.1, 0.15) is 36.0 Å². The van der Waals surface area contributed by atoms with Crippen molar-refractivity contribution in [1.82, 2.24) is 4.72 Å². The van der Waals surface area contributed by atoms with Gasteiger partial charge in [0, 0.05) is 17.1 Å². The van der Waals surface area contributed by atoms with Crippen LogP contribution in [0.4, 0.5) is 0 Å². The maximum atomic E-state index is 12.6. The number of halogens is 2. The molecule has 1 aromatic rings. The van der Waals surface area contributed by atoms with Crippen molar-refractivity contribution in [3.63, 3.8) is 0 Å². The zero-order valence-corrected chi connectivity index (χ0v) is 15.0. The third-order valence-electron chi connectivity index (χ3n) is 3.73. The lowest BCUT2D eigenvalue weighted by Gasteiger charge is -2.26. The molecule has 0 bridgehead atoms. The van der Waals surface area contributed by atoms with Crippen LogP contribution in [0.2, 0.25) is 5.02 Å². The molecule has 1 aliphatic carbocycles. The largest absolute Gasteiger partial charge is 0.465 e. The highest BCUT2D eigenvalue weighted by Crippen LogP contribution is 2.24. The number of nitrogens with one attached hydrogen (secondary N) is 1. The third kappa shape index (κ3) is 5.06. The van der Waals surface area contributed by atoms with Gasteiger partial charge in [0.15, 0.2) is 0 Å². The van der Waals surface area contributed by atoms with E-state index in [0.29, 0.717) is 12.8 Å². The van der Waals surface area contributed by atoms with E-state index in [-0.39, 0.29) is 40.0 Å². The molecule has 2 rings (SSSR count). The van der Waals surface area contributed by atoms with Crippen LogP contribution in [-0.2, 0) is 14.8 Å². The Morgan fingerprint density at radius 1 is 1.30 bits per heavy atom. The van der Waals surface area contributed by atoms with Crippen LogP contribution in [0.5, 0.6) is 0 Å². The maximum absolute atomic E-state index is 12.6. The van der Waals surface area contributed by atoms with Gasteiger partial charge in [-0.15, -0.1) is 12.4 Å². The van der Waals surface area contributed by atoms with Crippen LogP contribution in [0.3, 0.4) is 0 Å². The zero-order chi connectivity index (χ0) is 16.3. The highest BCUT2D eigenvalue weighted by Gasteiger charge is 2.28. The average molecular weight is 383 g/mol. The molecule has 130 valence electrons. The summed E-state index contributed by atoms with van der Waals surface area (Å²) >= 11 is 5.87. The fraction of sp³-hybridized carbons (Fsp3) is 0.500. The molecule has 0 radical (unpaired) electrons. The number of ether oxygens (including phenoxy) is 1. The predicted octanol–water partition coefficient (Wildman–Crippen LogP) is 2.10. The van der Waals surface area contributed by atoms with Gasteiger partial charge in [0.1, 0.15) is 0 Å². The fourth-order valence-electron chi connectivity index (χ4n) is 2.52.